The number of amides is 3. The van der Waals surface area contributed by atoms with Gasteiger partial charge >= 0.3 is 6.09 Å². The van der Waals surface area contributed by atoms with Gasteiger partial charge in [-0.15, -0.1) is 0 Å². The van der Waals surface area contributed by atoms with Gasteiger partial charge in [0, 0.05) is 31.8 Å². The van der Waals surface area contributed by atoms with Gasteiger partial charge in [0.2, 0.25) is 11.8 Å². The molecule has 0 bridgehead atoms. The standard InChI is InChI=1S/C21H26N4O7S/c1-2-3-18(27)22-11-10-15-4-7-17(8-5-15)33(30,31)25-20(28)16-6-9-19(24-14-16)32-21(29)23-12-13-26/h4-9,14,26H,2-3,10-13H2,1H3,(H,22,27)(H,23,29)(H,25,28). The van der Waals surface area contributed by atoms with E-state index in [1.165, 1.54) is 24.3 Å². The molecule has 2 aromatic rings. The van der Waals surface area contributed by atoms with Crippen LogP contribution in [0.2, 0.25) is 0 Å². The molecule has 0 aliphatic carbocycles. The number of carbonyl (C=O) groups excluding carboxylic acids is 3. The van der Waals surface area contributed by atoms with E-state index in [9.17, 15) is 22.8 Å². The minimum absolute atomic E-state index is 0.00762. The lowest BCUT2D eigenvalue weighted by molar-refractivity contribution is -0.121. The lowest BCUT2D eigenvalue weighted by Gasteiger charge is -2.09. The van der Waals surface area contributed by atoms with Crippen molar-refractivity contribution in [3.8, 4) is 5.88 Å². The fourth-order valence-electron chi connectivity index (χ4n) is 2.60. The van der Waals surface area contributed by atoms with Gasteiger partial charge < -0.3 is 20.5 Å². The van der Waals surface area contributed by atoms with E-state index in [4.69, 9.17) is 9.84 Å². The fourth-order valence-corrected chi connectivity index (χ4v) is 3.58. The molecule has 0 fully saturated rings. The van der Waals surface area contributed by atoms with Crippen molar-refractivity contribution in [2.24, 2.45) is 0 Å². The molecule has 11 nitrogen and oxygen atoms in total. The molecular formula is C21H26N4O7S. The first-order valence-electron chi connectivity index (χ1n) is 10.2. The molecule has 1 heterocycles. The maximum Gasteiger partial charge on any atom is 0.414 e. The molecule has 12 heteroatoms. The Balaban J connectivity index is 1.93. The Morgan fingerprint density at radius 2 is 1.76 bits per heavy atom. The Bertz CT molecular complexity index is 1060. The first-order chi connectivity index (χ1) is 15.7. The highest BCUT2D eigenvalue weighted by Gasteiger charge is 2.19. The summed E-state index contributed by atoms with van der Waals surface area (Å²) in [6.45, 7) is 2.11. The van der Waals surface area contributed by atoms with Gasteiger partial charge in [-0.2, -0.15) is 0 Å². The van der Waals surface area contributed by atoms with E-state index >= 15 is 0 Å². The predicted octanol–water partition coefficient (Wildman–Crippen LogP) is 0.740. The molecule has 0 saturated carbocycles. The first kappa shape index (κ1) is 25.7. The zero-order valence-electron chi connectivity index (χ0n) is 18.0. The molecule has 178 valence electrons. The van der Waals surface area contributed by atoms with Crippen molar-refractivity contribution in [1.29, 1.82) is 0 Å². The summed E-state index contributed by atoms with van der Waals surface area (Å²) in [5, 5.41) is 13.7. The number of rotatable bonds is 11. The summed E-state index contributed by atoms with van der Waals surface area (Å²) < 4.78 is 31.8. The van der Waals surface area contributed by atoms with Crippen molar-refractivity contribution >= 4 is 27.9 Å². The molecule has 0 saturated heterocycles. The number of benzene rings is 1. The van der Waals surface area contributed by atoms with Crippen molar-refractivity contribution in [2.45, 2.75) is 31.1 Å². The van der Waals surface area contributed by atoms with Gasteiger partial charge in [-0.1, -0.05) is 19.1 Å². The zero-order chi connectivity index (χ0) is 24.3. The second-order valence-electron chi connectivity index (χ2n) is 6.85. The second-order valence-corrected chi connectivity index (χ2v) is 8.54. The molecule has 3 amide bonds. The van der Waals surface area contributed by atoms with E-state index in [-0.39, 0.29) is 35.4 Å². The van der Waals surface area contributed by atoms with Crippen molar-refractivity contribution < 1.29 is 32.6 Å². The normalized spacial score (nSPS) is 10.8. The third-order valence-corrected chi connectivity index (χ3v) is 5.60. The van der Waals surface area contributed by atoms with E-state index in [1.807, 2.05) is 11.6 Å². The van der Waals surface area contributed by atoms with Crippen LogP contribution in [0.5, 0.6) is 5.88 Å². The van der Waals surface area contributed by atoms with Crippen LogP contribution in [0.25, 0.3) is 0 Å². The number of hydrogen-bond donors (Lipinski definition) is 4. The quantitative estimate of drug-likeness (QED) is 0.367. The van der Waals surface area contributed by atoms with Crippen LogP contribution in [0.1, 0.15) is 35.7 Å². The van der Waals surface area contributed by atoms with E-state index in [0.29, 0.717) is 19.4 Å². The average Bonchev–Trinajstić information content (AvgIpc) is 2.78. The number of sulfonamides is 1. The number of ether oxygens (including phenoxy) is 1. The van der Waals surface area contributed by atoms with Crippen LogP contribution in [0, 0.1) is 0 Å². The van der Waals surface area contributed by atoms with Gasteiger partial charge in [-0.3, -0.25) is 9.59 Å². The van der Waals surface area contributed by atoms with Crippen LogP contribution < -0.4 is 20.1 Å². The van der Waals surface area contributed by atoms with Crippen LogP contribution in [-0.4, -0.2) is 56.1 Å². The Hall–Kier alpha value is -3.51. The van der Waals surface area contributed by atoms with E-state index in [1.54, 1.807) is 12.1 Å². The molecule has 0 unspecified atom stereocenters. The van der Waals surface area contributed by atoms with Gasteiger partial charge in [-0.25, -0.2) is 22.9 Å². The van der Waals surface area contributed by atoms with Crippen molar-refractivity contribution in [2.75, 3.05) is 19.7 Å². The largest absolute Gasteiger partial charge is 0.414 e. The number of hydrogen-bond acceptors (Lipinski definition) is 8. The summed E-state index contributed by atoms with van der Waals surface area (Å²) in [4.78, 5) is 38.9. The number of nitrogens with zero attached hydrogens (tertiary/aromatic N) is 1. The predicted molar refractivity (Wildman–Crippen MR) is 118 cm³/mol. The van der Waals surface area contributed by atoms with Crippen LogP contribution in [0.4, 0.5) is 4.79 Å². The summed E-state index contributed by atoms with van der Waals surface area (Å²) in [6, 6.07) is 8.45. The van der Waals surface area contributed by atoms with Crippen LogP contribution in [-0.2, 0) is 21.2 Å². The Labute approximate surface area is 191 Å². The number of aliphatic hydroxyl groups excluding tert-OH is 1. The number of nitrogens with one attached hydrogen (secondary N) is 3. The summed E-state index contributed by atoms with van der Waals surface area (Å²) in [7, 11) is -4.12. The van der Waals surface area contributed by atoms with Crippen molar-refractivity contribution in [3.05, 3.63) is 53.7 Å². The average molecular weight is 479 g/mol. The molecule has 2 rings (SSSR count). The topological polar surface area (TPSA) is 164 Å². The smallest absolute Gasteiger partial charge is 0.395 e. The highest BCUT2D eigenvalue weighted by Crippen LogP contribution is 2.13. The molecule has 0 atom stereocenters. The number of pyridine rings is 1. The lowest BCUT2D eigenvalue weighted by Crippen LogP contribution is -2.31. The van der Waals surface area contributed by atoms with Gasteiger partial charge in [0.15, 0.2) is 0 Å². The molecule has 33 heavy (non-hydrogen) atoms. The Morgan fingerprint density at radius 1 is 1.03 bits per heavy atom. The monoisotopic (exact) mass is 478 g/mol. The third-order valence-electron chi connectivity index (χ3n) is 4.25. The summed E-state index contributed by atoms with van der Waals surface area (Å²) in [5.74, 6) is -1.04. The second kappa shape index (κ2) is 12.5. The minimum atomic E-state index is -4.12. The third kappa shape index (κ3) is 8.50. The van der Waals surface area contributed by atoms with Crippen LogP contribution >= 0.6 is 0 Å². The highest BCUT2D eigenvalue weighted by atomic mass is 32.2. The highest BCUT2D eigenvalue weighted by molar-refractivity contribution is 7.90. The van der Waals surface area contributed by atoms with Gasteiger partial charge in [-0.05, 0) is 36.6 Å². The Morgan fingerprint density at radius 3 is 2.36 bits per heavy atom. The van der Waals surface area contributed by atoms with Gasteiger partial charge in [0.25, 0.3) is 15.9 Å². The van der Waals surface area contributed by atoms with E-state index in [0.717, 1.165) is 18.2 Å². The maximum atomic E-state index is 12.5. The number of aromatic nitrogens is 1. The van der Waals surface area contributed by atoms with Gasteiger partial charge in [0.1, 0.15) is 0 Å². The Kier molecular flexibility index (Phi) is 9.76. The molecule has 1 aromatic carbocycles. The van der Waals surface area contributed by atoms with Gasteiger partial charge in [0.05, 0.1) is 17.1 Å². The summed E-state index contributed by atoms with van der Waals surface area (Å²) in [5.41, 5.74) is 0.779. The molecule has 0 spiro atoms. The van der Waals surface area contributed by atoms with Crippen LogP contribution in [0.15, 0.2) is 47.5 Å². The SMILES string of the molecule is CCCC(=O)NCCc1ccc(S(=O)(=O)NC(=O)c2ccc(OC(=O)NCCO)nc2)cc1. The molecule has 0 radical (unpaired) electrons. The number of aliphatic hydroxyl groups is 1. The van der Waals surface area contributed by atoms with E-state index < -0.39 is 22.0 Å². The molecule has 0 aliphatic rings. The first-order valence-corrected chi connectivity index (χ1v) is 11.7. The van der Waals surface area contributed by atoms with Crippen LogP contribution in [0.3, 0.4) is 0 Å². The zero-order valence-corrected chi connectivity index (χ0v) is 18.9. The van der Waals surface area contributed by atoms with E-state index in [2.05, 4.69) is 15.6 Å². The molecular weight excluding hydrogens is 452 g/mol. The molecule has 0 aliphatic heterocycles. The number of carbonyl (C=O) groups is 3. The molecule has 1 aromatic heterocycles. The fraction of sp³-hybridized carbons (Fsp3) is 0.333. The molecule has 4 N–H and O–H groups in total. The van der Waals surface area contributed by atoms with Crippen molar-refractivity contribution in [1.82, 2.24) is 20.3 Å². The lowest BCUT2D eigenvalue weighted by atomic mass is 10.1. The minimum Gasteiger partial charge on any atom is -0.395 e. The summed E-state index contributed by atoms with van der Waals surface area (Å²) >= 11 is 0. The summed E-state index contributed by atoms with van der Waals surface area (Å²) in [6.07, 6.45) is 2.00. The van der Waals surface area contributed by atoms with Crippen molar-refractivity contribution in [3.63, 3.8) is 0 Å². The maximum absolute atomic E-state index is 12.5.